The van der Waals surface area contributed by atoms with Crippen LogP contribution in [-0.2, 0) is 26.2 Å². The Morgan fingerprint density at radius 3 is 3.00 bits per heavy atom. The standard InChI is InChI=1S/C16H20N4O4S/c21-15(18-10-12-2-1-6-17-9-12)14-8-16(24-19-14)5-7-20(11-16)25(22,23)13-3-4-13/h1-2,6,9,13H,3-5,7-8,10-11H2,(H,18,21)/t16-/m0/s1. The Hall–Kier alpha value is -2.00. The summed E-state index contributed by atoms with van der Waals surface area (Å²) >= 11 is 0. The molecule has 1 aromatic heterocycles. The van der Waals surface area contributed by atoms with Crippen LogP contribution >= 0.6 is 0 Å². The SMILES string of the molecule is O=C(NCc1cccnc1)C1=NO[C@@]2(CCN(S(=O)(=O)C3CC3)C2)C1. The van der Waals surface area contributed by atoms with Gasteiger partial charge >= 0.3 is 0 Å². The molecule has 3 heterocycles. The fourth-order valence-corrected chi connectivity index (χ4v) is 5.17. The molecule has 0 unspecified atom stereocenters. The van der Waals surface area contributed by atoms with Crippen LogP contribution in [0.15, 0.2) is 29.7 Å². The molecule has 134 valence electrons. The van der Waals surface area contributed by atoms with Crippen molar-refractivity contribution in [1.82, 2.24) is 14.6 Å². The van der Waals surface area contributed by atoms with Crippen LogP contribution in [0, 0.1) is 0 Å². The van der Waals surface area contributed by atoms with Crippen molar-refractivity contribution in [2.24, 2.45) is 5.16 Å². The second-order valence-corrected chi connectivity index (χ2v) is 9.07. The van der Waals surface area contributed by atoms with E-state index in [0.717, 1.165) is 18.4 Å². The number of amides is 1. The predicted molar refractivity (Wildman–Crippen MR) is 90.1 cm³/mol. The fraction of sp³-hybridized carbons (Fsp3) is 0.562. The first-order chi connectivity index (χ1) is 12.0. The van der Waals surface area contributed by atoms with Crippen molar-refractivity contribution >= 4 is 21.6 Å². The smallest absolute Gasteiger partial charge is 0.269 e. The third-order valence-corrected chi connectivity index (χ3v) is 7.21. The summed E-state index contributed by atoms with van der Waals surface area (Å²) in [6.07, 6.45) is 5.73. The van der Waals surface area contributed by atoms with Crippen LogP contribution in [0.5, 0.6) is 0 Å². The quantitative estimate of drug-likeness (QED) is 0.816. The number of sulfonamides is 1. The number of hydrogen-bond acceptors (Lipinski definition) is 6. The van der Waals surface area contributed by atoms with Crippen LogP contribution in [0.4, 0.5) is 0 Å². The van der Waals surface area contributed by atoms with Crippen molar-refractivity contribution in [1.29, 1.82) is 0 Å². The van der Waals surface area contributed by atoms with Gasteiger partial charge in [-0.2, -0.15) is 4.31 Å². The van der Waals surface area contributed by atoms with E-state index in [9.17, 15) is 13.2 Å². The lowest BCUT2D eigenvalue weighted by Gasteiger charge is -2.21. The molecule has 1 aliphatic carbocycles. The predicted octanol–water partition coefficient (Wildman–Crippen LogP) is 0.411. The average molecular weight is 364 g/mol. The molecule has 2 aliphatic heterocycles. The van der Waals surface area contributed by atoms with E-state index >= 15 is 0 Å². The van der Waals surface area contributed by atoms with Crippen molar-refractivity contribution < 1.29 is 18.0 Å². The van der Waals surface area contributed by atoms with Gasteiger partial charge in [0, 0.05) is 38.3 Å². The Morgan fingerprint density at radius 1 is 1.44 bits per heavy atom. The molecule has 0 radical (unpaired) electrons. The summed E-state index contributed by atoms with van der Waals surface area (Å²) in [6.45, 7) is 1.06. The Kier molecular flexibility index (Phi) is 3.99. The number of carbonyl (C=O) groups is 1. The van der Waals surface area contributed by atoms with Gasteiger partial charge in [0.1, 0.15) is 5.71 Å². The summed E-state index contributed by atoms with van der Waals surface area (Å²) in [6, 6.07) is 3.68. The van der Waals surface area contributed by atoms with Crippen LogP contribution in [0.2, 0.25) is 0 Å². The number of aromatic nitrogens is 1. The molecule has 0 aromatic carbocycles. The molecule has 1 amide bonds. The number of carbonyl (C=O) groups excluding carboxylic acids is 1. The maximum absolute atomic E-state index is 12.4. The molecule has 4 rings (SSSR count). The highest BCUT2D eigenvalue weighted by atomic mass is 32.2. The average Bonchev–Trinajstić information content (AvgIpc) is 3.29. The summed E-state index contributed by atoms with van der Waals surface area (Å²) in [5.74, 6) is -0.288. The lowest BCUT2D eigenvalue weighted by molar-refractivity contribution is -0.115. The Labute approximate surface area is 146 Å². The zero-order chi connectivity index (χ0) is 17.5. The topological polar surface area (TPSA) is 101 Å². The van der Waals surface area contributed by atoms with Crippen LogP contribution in [0.25, 0.3) is 0 Å². The highest BCUT2D eigenvalue weighted by molar-refractivity contribution is 7.90. The first kappa shape index (κ1) is 16.5. The van der Waals surface area contributed by atoms with E-state index in [1.54, 1.807) is 18.5 Å². The zero-order valence-corrected chi connectivity index (χ0v) is 14.5. The maximum Gasteiger partial charge on any atom is 0.269 e. The molecule has 25 heavy (non-hydrogen) atoms. The van der Waals surface area contributed by atoms with Gasteiger partial charge in [-0.05, 0) is 24.5 Å². The van der Waals surface area contributed by atoms with Gasteiger partial charge in [0.25, 0.3) is 5.91 Å². The van der Waals surface area contributed by atoms with E-state index in [0.29, 0.717) is 31.6 Å². The molecule has 1 saturated heterocycles. The summed E-state index contributed by atoms with van der Waals surface area (Å²) < 4.78 is 26.2. The highest BCUT2D eigenvalue weighted by Crippen LogP contribution is 2.39. The number of pyridine rings is 1. The molecular formula is C16H20N4O4S. The van der Waals surface area contributed by atoms with E-state index < -0.39 is 15.6 Å². The van der Waals surface area contributed by atoms with Crippen molar-refractivity contribution in [2.75, 3.05) is 13.1 Å². The molecule has 0 bridgehead atoms. The number of nitrogens with one attached hydrogen (secondary N) is 1. The first-order valence-electron chi connectivity index (χ1n) is 8.40. The van der Waals surface area contributed by atoms with Crippen LogP contribution in [-0.4, -0.2) is 53.3 Å². The minimum absolute atomic E-state index is 0.229. The van der Waals surface area contributed by atoms with E-state index in [4.69, 9.17) is 4.84 Å². The van der Waals surface area contributed by atoms with Gasteiger partial charge in [0.15, 0.2) is 5.60 Å². The fourth-order valence-electron chi connectivity index (χ4n) is 3.25. The summed E-state index contributed by atoms with van der Waals surface area (Å²) in [5.41, 5.74) is 0.519. The molecule has 3 aliphatic rings. The van der Waals surface area contributed by atoms with E-state index in [2.05, 4.69) is 15.5 Å². The Bertz CT molecular complexity index is 807. The summed E-state index contributed by atoms with van der Waals surface area (Å²) in [4.78, 5) is 21.8. The highest BCUT2D eigenvalue weighted by Gasteiger charge is 2.52. The Morgan fingerprint density at radius 2 is 2.28 bits per heavy atom. The minimum Gasteiger partial charge on any atom is -0.387 e. The second-order valence-electron chi connectivity index (χ2n) is 6.86. The van der Waals surface area contributed by atoms with Gasteiger partial charge in [0.05, 0.1) is 11.8 Å². The number of nitrogens with zero attached hydrogens (tertiary/aromatic N) is 3. The lowest BCUT2D eigenvalue weighted by Crippen LogP contribution is -2.39. The summed E-state index contributed by atoms with van der Waals surface area (Å²) in [7, 11) is -3.22. The lowest BCUT2D eigenvalue weighted by atomic mass is 9.96. The van der Waals surface area contributed by atoms with Crippen molar-refractivity contribution in [3.8, 4) is 0 Å². The third kappa shape index (κ3) is 3.25. The molecule has 1 atom stereocenters. The van der Waals surface area contributed by atoms with Gasteiger partial charge in [-0.15, -0.1) is 0 Å². The van der Waals surface area contributed by atoms with Crippen molar-refractivity contribution in [2.45, 2.75) is 43.1 Å². The Balaban J connectivity index is 1.34. The largest absolute Gasteiger partial charge is 0.387 e. The second kappa shape index (κ2) is 6.06. The summed E-state index contributed by atoms with van der Waals surface area (Å²) in [5, 5.41) is 6.49. The number of rotatable bonds is 5. The van der Waals surface area contributed by atoms with E-state index in [-0.39, 0.29) is 17.7 Å². The first-order valence-corrected chi connectivity index (χ1v) is 9.90. The van der Waals surface area contributed by atoms with E-state index in [1.807, 2.05) is 6.07 Å². The number of hydrogen-bond donors (Lipinski definition) is 1. The monoisotopic (exact) mass is 364 g/mol. The van der Waals surface area contributed by atoms with Crippen molar-refractivity contribution in [3.63, 3.8) is 0 Å². The van der Waals surface area contributed by atoms with Gasteiger partial charge in [0.2, 0.25) is 10.0 Å². The van der Waals surface area contributed by atoms with Crippen molar-refractivity contribution in [3.05, 3.63) is 30.1 Å². The third-order valence-electron chi connectivity index (χ3n) is 4.86. The van der Waals surface area contributed by atoms with Crippen LogP contribution in [0.1, 0.15) is 31.2 Å². The molecule has 1 N–H and O–H groups in total. The van der Waals surface area contributed by atoms with E-state index in [1.165, 1.54) is 4.31 Å². The van der Waals surface area contributed by atoms with Crippen LogP contribution < -0.4 is 5.32 Å². The zero-order valence-electron chi connectivity index (χ0n) is 13.7. The van der Waals surface area contributed by atoms with Crippen LogP contribution in [0.3, 0.4) is 0 Å². The molecule has 1 saturated carbocycles. The molecule has 8 nitrogen and oxygen atoms in total. The van der Waals surface area contributed by atoms with Gasteiger partial charge in [-0.3, -0.25) is 9.78 Å². The minimum atomic E-state index is -3.22. The molecule has 2 fully saturated rings. The van der Waals surface area contributed by atoms with Gasteiger partial charge in [-0.25, -0.2) is 8.42 Å². The van der Waals surface area contributed by atoms with Gasteiger partial charge in [-0.1, -0.05) is 11.2 Å². The molecule has 9 heteroatoms. The molecular weight excluding hydrogens is 344 g/mol. The molecule has 1 spiro atoms. The maximum atomic E-state index is 12.4. The molecule has 1 aromatic rings. The number of oxime groups is 1. The normalized spacial score (nSPS) is 26.5. The van der Waals surface area contributed by atoms with Gasteiger partial charge < -0.3 is 10.2 Å².